The van der Waals surface area contributed by atoms with Crippen molar-refractivity contribution in [2.24, 2.45) is 10.8 Å². The molecular formula is C20H32Cl2O3. The van der Waals surface area contributed by atoms with Gasteiger partial charge in [-0.15, -0.1) is 0 Å². The van der Waals surface area contributed by atoms with E-state index in [9.17, 15) is 4.79 Å². The van der Waals surface area contributed by atoms with Crippen molar-refractivity contribution in [2.45, 2.75) is 94.6 Å². The molecule has 0 atom stereocenters. The second-order valence-corrected chi connectivity index (χ2v) is 9.54. The van der Waals surface area contributed by atoms with E-state index >= 15 is 0 Å². The first-order chi connectivity index (χ1) is 11.9. The average molecular weight is 391 g/mol. The topological polar surface area (TPSA) is 35.5 Å². The Bertz CT molecular complexity index is 435. The predicted molar refractivity (Wildman–Crippen MR) is 101 cm³/mol. The number of alkyl halides is 2. The van der Waals surface area contributed by atoms with Gasteiger partial charge in [0.25, 0.3) is 0 Å². The van der Waals surface area contributed by atoms with Gasteiger partial charge in [0.15, 0.2) is 5.78 Å². The van der Waals surface area contributed by atoms with Crippen LogP contribution in [0, 0.1) is 10.8 Å². The summed E-state index contributed by atoms with van der Waals surface area (Å²) in [7, 11) is 0. The Kier molecular flexibility index (Phi) is 6.10. The van der Waals surface area contributed by atoms with E-state index in [0.717, 1.165) is 77.4 Å². The Morgan fingerprint density at radius 2 is 1.20 bits per heavy atom. The SMILES string of the molecule is CCCOC1CCC2(CC1)C(=O)C1(CCC(OCCC)CC1)C2(Cl)Cl. The average Bonchev–Trinajstić information content (AvgIpc) is 2.64. The van der Waals surface area contributed by atoms with Crippen LogP contribution in [0.15, 0.2) is 0 Å². The van der Waals surface area contributed by atoms with Gasteiger partial charge in [0.05, 0.1) is 23.0 Å². The summed E-state index contributed by atoms with van der Waals surface area (Å²) in [5, 5.41) is 0. The molecule has 3 fully saturated rings. The van der Waals surface area contributed by atoms with Gasteiger partial charge in [0, 0.05) is 13.2 Å². The number of hydrogen-bond acceptors (Lipinski definition) is 3. The van der Waals surface area contributed by atoms with Gasteiger partial charge < -0.3 is 9.47 Å². The number of rotatable bonds is 6. The van der Waals surface area contributed by atoms with E-state index in [1.165, 1.54) is 0 Å². The molecular weight excluding hydrogens is 359 g/mol. The van der Waals surface area contributed by atoms with Gasteiger partial charge in [-0.2, -0.15) is 0 Å². The zero-order valence-electron chi connectivity index (χ0n) is 15.6. The van der Waals surface area contributed by atoms with E-state index in [4.69, 9.17) is 32.7 Å². The van der Waals surface area contributed by atoms with Crippen LogP contribution in [-0.2, 0) is 14.3 Å². The fourth-order valence-corrected chi connectivity index (χ4v) is 6.39. The summed E-state index contributed by atoms with van der Waals surface area (Å²) in [6, 6.07) is 0. The van der Waals surface area contributed by atoms with E-state index in [-0.39, 0.29) is 12.2 Å². The third-order valence-corrected chi connectivity index (χ3v) is 8.21. The van der Waals surface area contributed by atoms with Gasteiger partial charge in [0.1, 0.15) is 4.33 Å². The lowest BCUT2D eigenvalue weighted by molar-refractivity contribution is -0.176. The molecule has 5 heteroatoms. The van der Waals surface area contributed by atoms with Crippen molar-refractivity contribution >= 4 is 29.0 Å². The third kappa shape index (κ3) is 3.07. The molecule has 0 radical (unpaired) electrons. The van der Waals surface area contributed by atoms with E-state index in [0.29, 0.717) is 5.78 Å². The summed E-state index contributed by atoms with van der Waals surface area (Å²) in [6.45, 7) is 5.82. The molecule has 0 aromatic carbocycles. The highest BCUT2D eigenvalue weighted by molar-refractivity contribution is 6.55. The lowest BCUT2D eigenvalue weighted by atomic mass is 9.43. The third-order valence-electron chi connectivity index (χ3n) is 6.76. The summed E-state index contributed by atoms with van der Waals surface area (Å²) in [4.78, 5) is 13.3. The first-order valence-corrected chi connectivity index (χ1v) is 10.8. The zero-order chi connectivity index (χ0) is 18.1. The molecule has 0 bridgehead atoms. The summed E-state index contributed by atoms with van der Waals surface area (Å²) in [6.07, 6.45) is 9.23. The van der Waals surface area contributed by atoms with E-state index in [2.05, 4.69) is 13.8 Å². The van der Waals surface area contributed by atoms with Crippen LogP contribution < -0.4 is 0 Å². The van der Waals surface area contributed by atoms with Gasteiger partial charge in [-0.1, -0.05) is 37.0 Å². The Labute approximate surface area is 162 Å². The highest BCUT2D eigenvalue weighted by Gasteiger charge is 2.79. The van der Waals surface area contributed by atoms with Crippen molar-refractivity contribution in [2.75, 3.05) is 13.2 Å². The molecule has 0 aromatic rings. The van der Waals surface area contributed by atoms with Gasteiger partial charge >= 0.3 is 0 Å². The maximum atomic E-state index is 13.3. The number of carbonyl (C=O) groups is 1. The van der Waals surface area contributed by atoms with Crippen molar-refractivity contribution in [1.82, 2.24) is 0 Å². The molecule has 0 N–H and O–H groups in total. The molecule has 3 nitrogen and oxygen atoms in total. The fraction of sp³-hybridized carbons (Fsp3) is 0.950. The maximum absolute atomic E-state index is 13.3. The Morgan fingerprint density at radius 3 is 1.48 bits per heavy atom. The Hall–Kier alpha value is 0.170. The lowest BCUT2D eigenvalue weighted by Gasteiger charge is -2.66. The molecule has 0 aromatic heterocycles. The number of Topliss-reactive ketones (excluding diaryl/α,β-unsaturated/α-hetero) is 1. The van der Waals surface area contributed by atoms with E-state index in [1.54, 1.807) is 0 Å². The predicted octanol–water partition coefficient (Wildman–Crippen LogP) is 5.45. The summed E-state index contributed by atoms with van der Waals surface area (Å²) >= 11 is 13.9. The Morgan fingerprint density at radius 1 is 0.840 bits per heavy atom. The molecule has 144 valence electrons. The van der Waals surface area contributed by atoms with Crippen molar-refractivity contribution in [3.05, 3.63) is 0 Å². The van der Waals surface area contributed by atoms with Crippen molar-refractivity contribution in [3.8, 4) is 0 Å². The second-order valence-electron chi connectivity index (χ2n) is 8.21. The minimum atomic E-state index is -0.928. The van der Waals surface area contributed by atoms with Crippen molar-refractivity contribution < 1.29 is 14.3 Å². The quantitative estimate of drug-likeness (QED) is 0.565. The van der Waals surface area contributed by atoms with Crippen LogP contribution in [0.3, 0.4) is 0 Å². The highest BCUT2D eigenvalue weighted by Crippen LogP contribution is 2.73. The molecule has 3 rings (SSSR count). The molecule has 0 unspecified atom stereocenters. The van der Waals surface area contributed by atoms with Gasteiger partial charge in [-0.05, 0) is 64.2 Å². The molecule has 25 heavy (non-hydrogen) atoms. The van der Waals surface area contributed by atoms with Gasteiger partial charge in [-0.25, -0.2) is 0 Å². The number of halogens is 2. The number of ketones is 1. The molecule has 2 spiro atoms. The first-order valence-electron chi connectivity index (χ1n) is 10.1. The minimum Gasteiger partial charge on any atom is -0.378 e. The van der Waals surface area contributed by atoms with Crippen LogP contribution in [0.25, 0.3) is 0 Å². The second kappa shape index (κ2) is 7.66. The smallest absolute Gasteiger partial charge is 0.151 e. The van der Waals surface area contributed by atoms with E-state index in [1.807, 2.05) is 0 Å². The summed E-state index contributed by atoms with van der Waals surface area (Å²) in [5.41, 5.74) is -1.08. The van der Waals surface area contributed by atoms with Gasteiger partial charge in [-0.3, -0.25) is 4.79 Å². The lowest BCUT2D eigenvalue weighted by Crippen LogP contribution is -2.74. The maximum Gasteiger partial charge on any atom is 0.151 e. The van der Waals surface area contributed by atoms with Gasteiger partial charge in [0.2, 0.25) is 0 Å². The van der Waals surface area contributed by atoms with Crippen LogP contribution in [0.2, 0.25) is 0 Å². The van der Waals surface area contributed by atoms with Crippen molar-refractivity contribution in [1.29, 1.82) is 0 Å². The molecule has 3 aliphatic carbocycles. The highest BCUT2D eigenvalue weighted by atomic mass is 35.5. The minimum absolute atomic E-state index is 0.261. The zero-order valence-corrected chi connectivity index (χ0v) is 17.1. The monoisotopic (exact) mass is 390 g/mol. The van der Waals surface area contributed by atoms with Crippen LogP contribution >= 0.6 is 23.2 Å². The summed E-state index contributed by atoms with van der Waals surface area (Å²) < 4.78 is 10.8. The molecule has 0 amide bonds. The molecule has 3 aliphatic rings. The van der Waals surface area contributed by atoms with Crippen LogP contribution in [0.5, 0.6) is 0 Å². The molecule has 3 saturated carbocycles. The van der Waals surface area contributed by atoms with E-state index < -0.39 is 15.2 Å². The first kappa shape index (κ1) is 19.9. The van der Waals surface area contributed by atoms with Crippen molar-refractivity contribution in [3.63, 3.8) is 0 Å². The molecule has 0 aliphatic heterocycles. The van der Waals surface area contributed by atoms with Crippen LogP contribution in [0.1, 0.15) is 78.1 Å². The number of hydrogen-bond donors (Lipinski definition) is 0. The molecule has 0 saturated heterocycles. The number of carbonyl (C=O) groups excluding carboxylic acids is 1. The summed E-state index contributed by atoms with van der Waals surface area (Å²) in [5.74, 6) is 0.327. The largest absolute Gasteiger partial charge is 0.378 e. The fourth-order valence-electron chi connectivity index (χ4n) is 5.29. The number of ether oxygens (including phenoxy) is 2. The van der Waals surface area contributed by atoms with Crippen LogP contribution in [-0.4, -0.2) is 35.5 Å². The Balaban J connectivity index is 1.62. The molecule has 0 heterocycles. The normalized spacial score (nSPS) is 40.4. The standard InChI is InChI=1S/C20H32Cl2O3/c1-3-13-24-15-5-9-18(10-6-15)17(23)19(20(18,21)22)11-7-16(8-12-19)25-14-4-2/h15-16H,3-14H2,1-2H3. The van der Waals surface area contributed by atoms with Crippen LogP contribution in [0.4, 0.5) is 0 Å².